The smallest absolute Gasteiger partial charge is 0.260 e. The Morgan fingerprint density at radius 1 is 1.19 bits per heavy atom. The van der Waals surface area contributed by atoms with Gasteiger partial charge in [0.1, 0.15) is 11.6 Å². The summed E-state index contributed by atoms with van der Waals surface area (Å²) in [6.45, 7) is 2.02. The average molecular weight is 430 g/mol. The molecular weight excluding hydrogens is 409 g/mol. The molecule has 1 aliphatic carbocycles. The largest absolute Gasteiger partial charge is 0.340 e. The first-order valence-electron chi connectivity index (χ1n) is 10.2. The van der Waals surface area contributed by atoms with Crippen LogP contribution in [0.2, 0.25) is 0 Å². The van der Waals surface area contributed by atoms with Crippen molar-refractivity contribution in [1.82, 2.24) is 4.98 Å². The molecule has 1 N–H and O–H groups in total. The fraction of sp³-hybridized carbons (Fsp3) is 0.200. The van der Waals surface area contributed by atoms with E-state index in [0.717, 1.165) is 22.1 Å². The molecule has 0 spiro atoms. The van der Waals surface area contributed by atoms with Crippen LogP contribution in [0.3, 0.4) is 0 Å². The van der Waals surface area contributed by atoms with Crippen molar-refractivity contribution in [3.8, 4) is 11.8 Å². The molecular formula is C25H20FN3OS. The first-order valence-corrected chi connectivity index (χ1v) is 11.0. The second-order valence-electron chi connectivity index (χ2n) is 7.58. The number of amides is 1. The minimum atomic E-state index is -0.362. The highest BCUT2D eigenvalue weighted by Gasteiger charge is 2.29. The third-order valence-corrected chi connectivity index (χ3v) is 6.53. The highest BCUT2D eigenvalue weighted by molar-refractivity contribution is 7.99. The second-order valence-corrected chi connectivity index (χ2v) is 8.67. The third-order valence-electron chi connectivity index (χ3n) is 5.42. The zero-order valence-electron chi connectivity index (χ0n) is 17.0. The molecule has 0 radical (unpaired) electrons. The van der Waals surface area contributed by atoms with Crippen molar-refractivity contribution in [2.24, 2.45) is 0 Å². The number of aromatic nitrogens is 1. The summed E-state index contributed by atoms with van der Waals surface area (Å²) in [7, 11) is 0. The molecule has 6 heteroatoms. The van der Waals surface area contributed by atoms with Crippen LogP contribution in [0.5, 0.6) is 0 Å². The fourth-order valence-corrected chi connectivity index (χ4v) is 4.87. The molecule has 154 valence electrons. The summed E-state index contributed by atoms with van der Waals surface area (Å²) in [5.41, 5.74) is 3.35. The highest BCUT2D eigenvalue weighted by atomic mass is 32.2. The summed E-state index contributed by atoms with van der Waals surface area (Å²) in [5, 5.41) is 3.44. The normalized spacial score (nSPS) is 14.8. The molecule has 0 unspecified atom stereocenters. The van der Waals surface area contributed by atoms with Gasteiger partial charge in [0.25, 0.3) is 5.91 Å². The van der Waals surface area contributed by atoms with Crippen molar-refractivity contribution < 1.29 is 9.18 Å². The molecule has 0 bridgehead atoms. The van der Waals surface area contributed by atoms with E-state index in [4.69, 9.17) is 0 Å². The summed E-state index contributed by atoms with van der Waals surface area (Å²) in [6, 6.07) is 14.2. The van der Waals surface area contributed by atoms with E-state index in [0.29, 0.717) is 16.4 Å². The lowest BCUT2D eigenvalue weighted by Gasteiger charge is -2.21. The molecule has 5 rings (SSSR count). The monoisotopic (exact) mass is 429 g/mol. The molecule has 2 aromatic carbocycles. The number of nitrogens with one attached hydrogen (secondary N) is 1. The average Bonchev–Trinajstić information content (AvgIpc) is 3.61. The van der Waals surface area contributed by atoms with Crippen molar-refractivity contribution in [3.05, 3.63) is 71.7 Å². The second kappa shape index (κ2) is 8.09. The van der Waals surface area contributed by atoms with Crippen LogP contribution >= 0.6 is 11.8 Å². The Balaban J connectivity index is 1.56. The third kappa shape index (κ3) is 3.89. The van der Waals surface area contributed by atoms with Gasteiger partial charge >= 0.3 is 0 Å². The summed E-state index contributed by atoms with van der Waals surface area (Å²) < 4.78 is 13.9. The number of pyridine rings is 1. The Morgan fingerprint density at radius 2 is 2.06 bits per heavy atom. The summed E-state index contributed by atoms with van der Waals surface area (Å²) in [5.74, 6) is 6.74. The molecule has 1 amide bonds. The zero-order valence-corrected chi connectivity index (χ0v) is 17.8. The zero-order chi connectivity index (χ0) is 21.4. The van der Waals surface area contributed by atoms with Gasteiger partial charge in [-0.1, -0.05) is 23.7 Å². The Morgan fingerprint density at radius 3 is 2.87 bits per heavy atom. The van der Waals surface area contributed by atoms with E-state index in [-0.39, 0.29) is 18.3 Å². The number of halogens is 1. The van der Waals surface area contributed by atoms with Gasteiger partial charge in [-0.15, -0.1) is 5.92 Å². The quantitative estimate of drug-likeness (QED) is 0.519. The Kier molecular flexibility index (Phi) is 5.13. The van der Waals surface area contributed by atoms with E-state index in [1.165, 1.54) is 42.3 Å². The maximum atomic E-state index is 13.9. The summed E-state index contributed by atoms with van der Waals surface area (Å²) >= 11 is 1.39. The minimum absolute atomic E-state index is 0.176. The molecule has 31 heavy (non-hydrogen) atoms. The van der Waals surface area contributed by atoms with Gasteiger partial charge in [-0.3, -0.25) is 9.69 Å². The first-order chi connectivity index (χ1) is 15.1. The van der Waals surface area contributed by atoms with Crippen molar-refractivity contribution >= 4 is 34.9 Å². The van der Waals surface area contributed by atoms with Crippen molar-refractivity contribution in [2.45, 2.75) is 35.5 Å². The van der Waals surface area contributed by atoms with Crippen LogP contribution in [0.25, 0.3) is 0 Å². The van der Waals surface area contributed by atoms with Crippen LogP contribution < -0.4 is 10.2 Å². The van der Waals surface area contributed by atoms with Crippen LogP contribution in [0.1, 0.15) is 41.6 Å². The molecule has 2 heterocycles. The number of anilines is 3. The van der Waals surface area contributed by atoms with E-state index in [9.17, 15) is 9.18 Å². The fourth-order valence-electron chi connectivity index (χ4n) is 3.72. The van der Waals surface area contributed by atoms with Crippen LogP contribution in [0, 0.1) is 17.7 Å². The number of rotatable bonds is 4. The first kappa shape index (κ1) is 19.7. The number of hydrogen-bond acceptors (Lipinski definition) is 4. The van der Waals surface area contributed by atoms with Crippen LogP contribution in [-0.4, -0.2) is 17.4 Å². The van der Waals surface area contributed by atoms with Crippen LogP contribution in [0.4, 0.5) is 21.6 Å². The van der Waals surface area contributed by atoms with Crippen molar-refractivity contribution in [1.29, 1.82) is 0 Å². The topological polar surface area (TPSA) is 45.2 Å². The Bertz CT molecular complexity index is 1240. The number of benzene rings is 2. The van der Waals surface area contributed by atoms with Crippen LogP contribution in [-0.2, 0) is 0 Å². The molecule has 1 fully saturated rings. The lowest BCUT2D eigenvalue weighted by atomic mass is 10.1. The molecule has 3 aromatic rings. The Labute approximate surface area is 184 Å². The van der Waals surface area contributed by atoms with E-state index in [1.807, 2.05) is 24.3 Å². The number of carbonyl (C=O) groups is 1. The summed E-state index contributed by atoms with van der Waals surface area (Å²) in [6.07, 6.45) is 4.17. The van der Waals surface area contributed by atoms with Gasteiger partial charge in [0.2, 0.25) is 0 Å². The lowest BCUT2D eigenvalue weighted by molar-refractivity contribution is 0.0987. The maximum absolute atomic E-state index is 13.9. The molecule has 4 nitrogen and oxygen atoms in total. The standard InChI is InChI=1S/C25H20FN3OS/c1-2-3-13-29-21-11-9-18(28-24-19(16-6-7-16)5-4-12-27-24)15-23(21)31-22-14-17(26)8-10-20(22)25(29)30/h4-5,8-12,14-16H,6-7,13H2,1H3,(H,27,28). The molecule has 1 saturated carbocycles. The van der Waals surface area contributed by atoms with Gasteiger partial charge in [0.05, 0.1) is 17.8 Å². The van der Waals surface area contributed by atoms with Gasteiger partial charge in [-0.2, -0.15) is 0 Å². The van der Waals surface area contributed by atoms with Crippen molar-refractivity contribution in [2.75, 3.05) is 16.8 Å². The lowest BCUT2D eigenvalue weighted by Crippen LogP contribution is -2.31. The Hall–Kier alpha value is -3.30. The van der Waals surface area contributed by atoms with E-state index < -0.39 is 0 Å². The molecule has 2 aliphatic rings. The molecule has 0 saturated heterocycles. The molecule has 0 atom stereocenters. The van der Waals surface area contributed by atoms with Gasteiger partial charge in [0, 0.05) is 21.7 Å². The SMILES string of the molecule is CC#CCN1C(=O)c2ccc(F)cc2Sc2cc(Nc3ncccc3C3CC3)ccc21. The molecule has 1 aliphatic heterocycles. The number of fused-ring (bicyclic) bond motifs is 2. The van der Waals surface area contributed by atoms with Crippen molar-refractivity contribution in [3.63, 3.8) is 0 Å². The number of carbonyl (C=O) groups excluding carboxylic acids is 1. The predicted molar refractivity (Wildman–Crippen MR) is 122 cm³/mol. The summed E-state index contributed by atoms with van der Waals surface area (Å²) in [4.78, 5) is 20.9. The van der Waals surface area contributed by atoms with E-state index in [1.54, 1.807) is 24.1 Å². The van der Waals surface area contributed by atoms with Crippen LogP contribution in [0.15, 0.2) is 64.5 Å². The van der Waals surface area contributed by atoms with E-state index in [2.05, 4.69) is 28.2 Å². The van der Waals surface area contributed by atoms with E-state index >= 15 is 0 Å². The number of hydrogen-bond donors (Lipinski definition) is 1. The minimum Gasteiger partial charge on any atom is -0.340 e. The highest BCUT2D eigenvalue weighted by Crippen LogP contribution is 2.45. The van der Waals surface area contributed by atoms with Gasteiger partial charge in [0.15, 0.2) is 0 Å². The maximum Gasteiger partial charge on any atom is 0.260 e. The van der Waals surface area contributed by atoms with Gasteiger partial charge in [-0.25, -0.2) is 9.37 Å². The number of nitrogens with zero attached hydrogens (tertiary/aromatic N) is 2. The predicted octanol–water partition coefficient (Wildman–Crippen LogP) is 5.98. The molecule has 1 aromatic heterocycles. The van der Waals surface area contributed by atoms with Gasteiger partial charge < -0.3 is 5.32 Å². The van der Waals surface area contributed by atoms with Gasteiger partial charge in [-0.05, 0) is 73.7 Å².